The van der Waals surface area contributed by atoms with Crippen molar-refractivity contribution in [3.63, 3.8) is 0 Å². The van der Waals surface area contributed by atoms with Gasteiger partial charge >= 0.3 is 0 Å². The Morgan fingerprint density at radius 1 is 0.415 bits per heavy atom. The van der Waals surface area contributed by atoms with Crippen molar-refractivity contribution in [3.05, 3.63) is 218 Å². The standard InChI is InChI=1S/C60H39N3OS/c1-3-13-38(14-4-1)41-18-11-19-45(33-41)63-54-23-10-9-21-47(54)49-34-42(25-28-55(49)63)43-27-30-57-51(35-43)59-48(22-12-24-58(59)65-57)60-61-52(40-16-5-2-6-17-40)37-53(62-60)44-26-29-56-50(36-44)46-20-8-7-15-39(46)31-32-64-56/h1-30,33-37H,31-32H2. The van der Waals surface area contributed by atoms with Crippen molar-refractivity contribution in [1.82, 2.24) is 14.5 Å². The zero-order valence-corrected chi connectivity index (χ0v) is 36.1. The number of aromatic nitrogens is 3. The molecule has 0 saturated heterocycles. The molecule has 1 aliphatic heterocycles. The molecule has 5 heteroatoms. The molecule has 0 fully saturated rings. The Bertz CT molecular complexity index is 3810. The van der Waals surface area contributed by atoms with Crippen LogP contribution < -0.4 is 4.74 Å². The normalized spacial score (nSPS) is 12.3. The Labute approximate surface area is 380 Å². The summed E-state index contributed by atoms with van der Waals surface area (Å²) >= 11 is 1.82. The Balaban J connectivity index is 0.954. The van der Waals surface area contributed by atoms with Gasteiger partial charge in [0.2, 0.25) is 0 Å². The molecule has 65 heavy (non-hydrogen) atoms. The summed E-state index contributed by atoms with van der Waals surface area (Å²) in [7, 11) is 0. The molecule has 0 amide bonds. The van der Waals surface area contributed by atoms with Crippen LogP contribution >= 0.6 is 11.3 Å². The predicted octanol–water partition coefficient (Wildman–Crippen LogP) is 15.9. The van der Waals surface area contributed by atoms with E-state index in [-0.39, 0.29) is 0 Å². The lowest BCUT2D eigenvalue weighted by Crippen LogP contribution is -1.98. The number of nitrogens with zero attached hydrogens (tertiary/aromatic N) is 3. The molecule has 0 saturated carbocycles. The first-order valence-electron chi connectivity index (χ1n) is 22.2. The Morgan fingerprint density at radius 3 is 1.95 bits per heavy atom. The molecular weight excluding hydrogens is 811 g/mol. The molecule has 12 aromatic rings. The number of thiophene rings is 1. The maximum atomic E-state index is 6.27. The molecule has 0 spiro atoms. The van der Waals surface area contributed by atoms with Gasteiger partial charge in [-0.05, 0) is 106 Å². The lowest BCUT2D eigenvalue weighted by Gasteiger charge is -2.13. The van der Waals surface area contributed by atoms with Crippen molar-refractivity contribution in [3.8, 4) is 78.7 Å². The van der Waals surface area contributed by atoms with Crippen LogP contribution in [0.2, 0.25) is 0 Å². The third kappa shape index (κ3) is 6.43. The summed E-state index contributed by atoms with van der Waals surface area (Å²) in [5.74, 6) is 1.61. The number of ether oxygens (including phenoxy) is 1. The summed E-state index contributed by atoms with van der Waals surface area (Å²) in [6, 6.07) is 76.3. The van der Waals surface area contributed by atoms with Gasteiger partial charge in [-0.15, -0.1) is 11.3 Å². The van der Waals surface area contributed by atoms with Gasteiger partial charge in [0.1, 0.15) is 5.75 Å². The Hall–Kier alpha value is -8.12. The van der Waals surface area contributed by atoms with Crippen LogP contribution in [0.3, 0.4) is 0 Å². The minimum Gasteiger partial charge on any atom is -0.493 e. The Kier molecular flexibility index (Phi) is 8.81. The first-order valence-corrected chi connectivity index (χ1v) is 23.0. The zero-order chi connectivity index (χ0) is 42.8. The van der Waals surface area contributed by atoms with E-state index >= 15 is 0 Å². The van der Waals surface area contributed by atoms with Gasteiger partial charge in [-0.3, -0.25) is 0 Å². The second-order valence-electron chi connectivity index (χ2n) is 16.8. The van der Waals surface area contributed by atoms with E-state index in [2.05, 4.69) is 211 Å². The topological polar surface area (TPSA) is 39.9 Å². The van der Waals surface area contributed by atoms with Gasteiger partial charge in [0, 0.05) is 65.3 Å². The van der Waals surface area contributed by atoms with Crippen molar-refractivity contribution < 1.29 is 4.74 Å². The van der Waals surface area contributed by atoms with Crippen molar-refractivity contribution in [2.75, 3.05) is 6.61 Å². The van der Waals surface area contributed by atoms with Crippen LogP contribution in [0.5, 0.6) is 5.75 Å². The van der Waals surface area contributed by atoms with E-state index in [1.165, 1.54) is 75.4 Å². The third-order valence-corrected chi connectivity index (χ3v) is 14.1. The summed E-state index contributed by atoms with van der Waals surface area (Å²) in [5, 5.41) is 4.83. The fraction of sp³-hybridized carbons (Fsp3) is 0.0333. The second-order valence-corrected chi connectivity index (χ2v) is 17.9. The van der Waals surface area contributed by atoms with Gasteiger partial charge in [-0.1, -0.05) is 140 Å². The van der Waals surface area contributed by atoms with Crippen LogP contribution in [0, 0.1) is 0 Å². The van der Waals surface area contributed by atoms with Crippen LogP contribution in [0.4, 0.5) is 0 Å². The van der Waals surface area contributed by atoms with Gasteiger partial charge in [0.25, 0.3) is 0 Å². The van der Waals surface area contributed by atoms with Crippen LogP contribution in [0.25, 0.3) is 115 Å². The largest absolute Gasteiger partial charge is 0.493 e. The maximum absolute atomic E-state index is 6.27. The summed E-state index contributed by atoms with van der Waals surface area (Å²) in [6.07, 6.45) is 0.875. The molecule has 0 radical (unpaired) electrons. The molecule has 1 aliphatic rings. The average Bonchev–Trinajstić information content (AvgIpc) is 3.85. The van der Waals surface area contributed by atoms with E-state index in [0.717, 1.165) is 51.5 Å². The van der Waals surface area contributed by atoms with Gasteiger partial charge in [0.05, 0.1) is 29.0 Å². The zero-order valence-electron chi connectivity index (χ0n) is 35.3. The van der Waals surface area contributed by atoms with Crippen molar-refractivity contribution in [2.45, 2.75) is 6.42 Å². The number of para-hydroxylation sites is 1. The molecule has 4 heterocycles. The summed E-state index contributed by atoms with van der Waals surface area (Å²) in [5.41, 5.74) is 16.7. The molecule has 0 N–H and O–H groups in total. The third-order valence-electron chi connectivity index (χ3n) is 13.0. The van der Waals surface area contributed by atoms with E-state index in [4.69, 9.17) is 14.7 Å². The summed E-state index contributed by atoms with van der Waals surface area (Å²) in [6.45, 7) is 0.656. The van der Waals surface area contributed by atoms with Crippen LogP contribution in [-0.2, 0) is 6.42 Å². The molecule has 0 aliphatic carbocycles. The highest BCUT2D eigenvalue weighted by atomic mass is 32.1. The SMILES string of the molecule is c1ccc(-c2cccc(-n3c4ccccc4c4cc(-c5ccc6sc7cccc(-c8nc(-c9ccccc9)cc(-c9ccc%10c(c9)-c9ccccc9CCO%10)n8)c7c6c5)ccc43)c2)cc1. The van der Waals surface area contributed by atoms with Gasteiger partial charge in [-0.2, -0.15) is 0 Å². The van der Waals surface area contributed by atoms with Crippen LogP contribution in [0.15, 0.2) is 212 Å². The molecule has 0 atom stereocenters. The van der Waals surface area contributed by atoms with Crippen LogP contribution in [0.1, 0.15) is 5.56 Å². The molecule has 4 nitrogen and oxygen atoms in total. The number of hydrogen-bond donors (Lipinski definition) is 0. The highest BCUT2D eigenvalue weighted by Crippen LogP contribution is 2.44. The fourth-order valence-electron chi connectivity index (χ4n) is 9.85. The number of fused-ring (bicyclic) bond motifs is 9. The Morgan fingerprint density at radius 2 is 1.08 bits per heavy atom. The van der Waals surface area contributed by atoms with E-state index in [0.29, 0.717) is 12.4 Å². The molecule has 3 aromatic heterocycles. The number of hydrogen-bond acceptors (Lipinski definition) is 4. The van der Waals surface area contributed by atoms with Gasteiger partial charge in [-0.25, -0.2) is 9.97 Å². The summed E-state index contributed by atoms with van der Waals surface area (Å²) in [4.78, 5) is 10.7. The van der Waals surface area contributed by atoms with Crippen molar-refractivity contribution in [2.24, 2.45) is 0 Å². The number of rotatable bonds is 6. The highest BCUT2D eigenvalue weighted by molar-refractivity contribution is 7.26. The molecule has 13 rings (SSSR count). The van der Waals surface area contributed by atoms with Crippen LogP contribution in [-0.4, -0.2) is 21.1 Å². The maximum Gasteiger partial charge on any atom is 0.161 e. The molecule has 0 unspecified atom stereocenters. The van der Waals surface area contributed by atoms with Crippen molar-refractivity contribution in [1.29, 1.82) is 0 Å². The van der Waals surface area contributed by atoms with E-state index in [9.17, 15) is 0 Å². The number of benzene rings is 9. The average molecular weight is 850 g/mol. The second kappa shape index (κ2) is 15.3. The van der Waals surface area contributed by atoms with Gasteiger partial charge < -0.3 is 9.30 Å². The summed E-state index contributed by atoms with van der Waals surface area (Å²) < 4.78 is 11.1. The lowest BCUT2D eigenvalue weighted by atomic mass is 9.95. The smallest absolute Gasteiger partial charge is 0.161 e. The highest BCUT2D eigenvalue weighted by Gasteiger charge is 2.21. The first-order chi connectivity index (χ1) is 32.2. The van der Waals surface area contributed by atoms with E-state index in [1.54, 1.807) is 0 Å². The molecular formula is C60H39N3OS. The quantitative estimate of drug-likeness (QED) is 0.167. The molecule has 9 aromatic carbocycles. The monoisotopic (exact) mass is 849 g/mol. The van der Waals surface area contributed by atoms with E-state index in [1.807, 2.05) is 17.4 Å². The first kappa shape index (κ1) is 37.4. The fourth-order valence-corrected chi connectivity index (χ4v) is 11.0. The van der Waals surface area contributed by atoms with E-state index < -0.39 is 0 Å². The van der Waals surface area contributed by atoms with Gasteiger partial charge in [0.15, 0.2) is 5.82 Å². The molecule has 0 bridgehead atoms. The minimum atomic E-state index is 0.656. The van der Waals surface area contributed by atoms with Crippen molar-refractivity contribution >= 4 is 53.3 Å². The lowest BCUT2D eigenvalue weighted by molar-refractivity contribution is 0.326. The predicted molar refractivity (Wildman–Crippen MR) is 271 cm³/mol. The minimum absolute atomic E-state index is 0.656. The molecule has 306 valence electrons.